The van der Waals surface area contributed by atoms with Crippen molar-refractivity contribution < 1.29 is 4.79 Å². The van der Waals surface area contributed by atoms with Crippen LogP contribution in [0.1, 0.15) is 44.1 Å². The Balaban J connectivity index is 1.49. The van der Waals surface area contributed by atoms with Gasteiger partial charge in [-0.2, -0.15) is 0 Å². The van der Waals surface area contributed by atoms with E-state index in [2.05, 4.69) is 22.8 Å². The average molecular weight is 335 g/mol. The van der Waals surface area contributed by atoms with Crippen LogP contribution in [0.2, 0.25) is 5.02 Å². The van der Waals surface area contributed by atoms with Gasteiger partial charge in [-0.05, 0) is 62.8 Å². The number of carbonyl (C=O) groups is 1. The van der Waals surface area contributed by atoms with Gasteiger partial charge in [0.2, 0.25) is 5.91 Å². The summed E-state index contributed by atoms with van der Waals surface area (Å²) in [6.45, 7) is 2.35. The number of halogens is 1. The van der Waals surface area contributed by atoms with Gasteiger partial charge in [0, 0.05) is 24.5 Å². The Labute approximate surface area is 144 Å². The first-order chi connectivity index (χ1) is 11.2. The summed E-state index contributed by atoms with van der Waals surface area (Å²) in [4.78, 5) is 11.8. The molecular formula is C19H27ClN2O. The van der Waals surface area contributed by atoms with Gasteiger partial charge in [0.15, 0.2) is 0 Å². The molecule has 126 valence electrons. The first kappa shape index (κ1) is 18.0. The summed E-state index contributed by atoms with van der Waals surface area (Å²) < 4.78 is 0. The molecule has 2 N–H and O–H groups in total. The molecule has 0 aromatic heterocycles. The van der Waals surface area contributed by atoms with Crippen LogP contribution in [-0.2, 0) is 11.2 Å². The second-order valence-corrected chi connectivity index (χ2v) is 6.52. The van der Waals surface area contributed by atoms with Crippen LogP contribution in [0.4, 0.5) is 0 Å². The van der Waals surface area contributed by atoms with Gasteiger partial charge in [0.1, 0.15) is 0 Å². The van der Waals surface area contributed by atoms with Crippen LogP contribution in [0.5, 0.6) is 0 Å². The van der Waals surface area contributed by atoms with Gasteiger partial charge < -0.3 is 10.6 Å². The molecule has 0 heterocycles. The molecule has 4 heteroatoms. The predicted molar refractivity (Wildman–Crippen MR) is 96.8 cm³/mol. The maximum absolute atomic E-state index is 11.8. The normalized spacial score (nSPS) is 14.4. The van der Waals surface area contributed by atoms with Crippen molar-refractivity contribution in [2.24, 2.45) is 0 Å². The molecule has 1 aromatic carbocycles. The van der Waals surface area contributed by atoms with E-state index in [4.69, 9.17) is 11.6 Å². The lowest BCUT2D eigenvalue weighted by Gasteiger charge is -2.13. The summed E-state index contributed by atoms with van der Waals surface area (Å²) in [5, 5.41) is 7.09. The van der Waals surface area contributed by atoms with Gasteiger partial charge in [-0.15, -0.1) is 0 Å². The lowest BCUT2D eigenvalue weighted by atomic mass is 9.97. The van der Waals surface area contributed by atoms with E-state index in [-0.39, 0.29) is 5.91 Å². The van der Waals surface area contributed by atoms with Crippen LogP contribution in [0.25, 0.3) is 0 Å². The first-order valence-corrected chi connectivity index (χ1v) is 9.01. The molecule has 1 aliphatic rings. The smallest absolute Gasteiger partial charge is 0.221 e. The number of benzene rings is 1. The van der Waals surface area contributed by atoms with Crippen molar-refractivity contribution in [1.82, 2.24) is 10.6 Å². The first-order valence-electron chi connectivity index (χ1n) is 8.64. The highest BCUT2D eigenvalue weighted by Gasteiger charge is 2.05. The molecule has 0 atom stereocenters. The topological polar surface area (TPSA) is 41.1 Å². The van der Waals surface area contributed by atoms with Crippen molar-refractivity contribution in [2.45, 2.75) is 44.9 Å². The van der Waals surface area contributed by atoms with Gasteiger partial charge >= 0.3 is 0 Å². The van der Waals surface area contributed by atoms with Crippen LogP contribution in [0.3, 0.4) is 0 Å². The summed E-state index contributed by atoms with van der Waals surface area (Å²) in [5.74, 6) is 0.136. The molecule has 3 nitrogen and oxygen atoms in total. The van der Waals surface area contributed by atoms with E-state index in [1.807, 2.05) is 18.2 Å². The van der Waals surface area contributed by atoms with Gasteiger partial charge in [-0.3, -0.25) is 4.79 Å². The summed E-state index contributed by atoms with van der Waals surface area (Å²) in [7, 11) is 0. The molecule has 1 aromatic rings. The fraction of sp³-hybridized carbons (Fsp3) is 0.526. The molecule has 1 aliphatic carbocycles. The number of hydrogen-bond acceptors (Lipinski definition) is 2. The Morgan fingerprint density at radius 2 is 2.04 bits per heavy atom. The summed E-state index contributed by atoms with van der Waals surface area (Å²) in [5.41, 5.74) is 2.73. The highest BCUT2D eigenvalue weighted by Crippen LogP contribution is 2.19. The van der Waals surface area contributed by atoms with E-state index >= 15 is 0 Å². The van der Waals surface area contributed by atoms with Crippen molar-refractivity contribution in [3.63, 3.8) is 0 Å². The van der Waals surface area contributed by atoms with Gasteiger partial charge in [-0.25, -0.2) is 0 Å². The molecule has 0 unspecified atom stereocenters. The van der Waals surface area contributed by atoms with Crippen LogP contribution in [-0.4, -0.2) is 25.5 Å². The predicted octanol–water partition coefficient (Wildman–Crippen LogP) is 3.87. The van der Waals surface area contributed by atoms with Crippen LogP contribution in [0, 0.1) is 0 Å². The van der Waals surface area contributed by atoms with Crippen LogP contribution in [0.15, 0.2) is 35.9 Å². The summed E-state index contributed by atoms with van der Waals surface area (Å²) in [6, 6.07) is 7.90. The van der Waals surface area contributed by atoms with Gasteiger partial charge in [0.25, 0.3) is 0 Å². The van der Waals surface area contributed by atoms with E-state index in [9.17, 15) is 4.79 Å². The van der Waals surface area contributed by atoms with Crippen LogP contribution >= 0.6 is 11.6 Å². The lowest BCUT2D eigenvalue weighted by Crippen LogP contribution is -2.29. The third-order valence-corrected chi connectivity index (χ3v) is 4.40. The largest absolute Gasteiger partial charge is 0.356 e. The van der Waals surface area contributed by atoms with E-state index < -0.39 is 0 Å². The van der Waals surface area contributed by atoms with Crippen molar-refractivity contribution >= 4 is 17.5 Å². The number of rotatable bonds is 9. The molecule has 0 radical (unpaired) electrons. The minimum Gasteiger partial charge on any atom is -0.356 e. The summed E-state index contributed by atoms with van der Waals surface area (Å²) >= 11 is 5.95. The molecular weight excluding hydrogens is 308 g/mol. The van der Waals surface area contributed by atoms with Crippen molar-refractivity contribution in [1.29, 1.82) is 0 Å². The molecule has 0 saturated heterocycles. The summed E-state index contributed by atoms with van der Waals surface area (Å²) in [6.07, 6.45) is 9.85. The molecule has 0 aliphatic heterocycles. The maximum atomic E-state index is 11.8. The number of allylic oxidation sites excluding steroid dienone is 1. The monoisotopic (exact) mass is 334 g/mol. The van der Waals surface area contributed by atoms with Crippen molar-refractivity contribution in [3.05, 3.63) is 46.5 Å². The molecule has 0 saturated carbocycles. The Morgan fingerprint density at radius 1 is 1.13 bits per heavy atom. The fourth-order valence-corrected chi connectivity index (χ4v) is 3.05. The van der Waals surface area contributed by atoms with E-state index in [1.54, 1.807) is 0 Å². The number of nitrogens with one attached hydrogen (secondary N) is 2. The van der Waals surface area contributed by atoms with Gasteiger partial charge in [-0.1, -0.05) is 35.4 Å². The van der Waals surface area contributed by atoms with E-state index in [0.717, 1.165) is 37.5 Å². The molecule has 0 fully saturated rings. The fourth-order valence-electron chi connectivity index (χ4n) is 2.83. The number of carbonyl (C=O) groups excluding carboxylic acids is 1. The molecule has 0 bridgehead atoms. The van der Waals surface area contributed by atoms with Crippen molar-refractivity contribution in [3.8, 4) is 0 Å². The standard InChI is InChI=1S/C19H27ClN2O/c20-18-8-4-7-17(15-18)9-12-21-13-11-19(23)22-14-10-16-5-2-1-3-6-16/h4-5,7-8,15,21H,1-3,6,9-14H2,(H,22,23). The Morgan fingerprint density at radius 3 is 2.83 bits per heavy atom. The third-order valence-electron chi connectivity index (χ3n) is 4.16. The number of amides is 1. The Hall–Kier alpha value is -1.32. The minimum atomic E-state index is 0.136. The number of hydrogen-bond donors (Lipinski definition) is 2. The Bertz CT molecular complexity index is 528. The second kappa shape index (κ2) is 10.5. The zero-order chi connectivity index (χ0) is 16.3. The van der Waals surface area contributed by atoms with E-state index in [0.29, 0.717) is 6.42 Å². The molecule has 0 spiro atoms. The SMILES string of the molecule is O=C(CCNCCc1cccc(Cl)c1)NCCC1=CCCCC1. The molecule has 2 rings (SSSR count). The zero-order valence-corrected chi connectivity index (χ0v) is 14.5. The van der Waals surface area contributed by atoms with Gasteiger partial charge in [0.05, 0.1) is 0 Å². The zero-order valence-electron chi connectivity index (χ0n) is 13.7. The molecule has 1 amide bonds. The highest BCUT2D eigenvalue weighted by molar-refractivity contribution is 6.30. The van der Waals surface area contributed by atoms with Crippen LogP contribution < -0.4 is 10.6 Å². The highest BCUT2D eigenvalue weighted by atomic mass is 35.5. The lowest BCUT2D eigenvalue weighted by molar-refractivity contribution is -0.120. The second-order valence-electron chi connectivity index (χ2n) is 6.09. The quantitative estimate of drug-likeness (QED) is 0.531. The van der Waals surface area contributed by atoms with Crippen molar-refractivity contribution in [2.75, 3.05) is 19.6 Å². The third kappa shape index (κ3) is 7.67. The molecule has 23 heavy (non-hydrogen) atoms. The minimum absolute atomic E-state index is 0.136. The Kier molecular flexibility index (Phi) is 8.19. The van der Waals surface area contributed by atoms with E-state index in [1.165, 1.54) is 36.8 Å². The average Bonchev–Trinajstić information content (AvgIpc) is 2.55. The maximum Gasteiger partial charge on any atom is 0.221 e.